The van der Waals surface area contributed by atoms with Gasteiger partial charge in [0.15, 0.2) is 0 Å². The van der Waals surface area contributed by atoms with Crippen LogP contribution in [0.15, 0.2) is 42.6 Å². The van der Waals surface area contributed by atoms with Gasteiger partial charge in [-0.15, -0.1) is 0 Å². The van der Waals surface area contributed by atoms with Gasteiger partial charge in [0, 0.05) is 29.9 Å². The van der Waals surface area contributed by atoms with Crippen LogP contribution in [0.1, 0.15) is 12.6 Å². The molecule has 0 aliphatic carbocycles. The van der Waals surface area contributed by atoms with E-state index in [4.69, 9.17) is 0 Å². The molecule has 1 amide bonds. The molecule has 1 unspecified atom stereocenters. The summed E-state index contributed by atoms with van der Waals surface area (Å²) >= 11 is 0. The standard InChI is InChI=1S/C14H14N2O/c1-10-7-13-8-12(9-16(13)14(17)15-10)11-5-3-2-4-6-11/h2-6,8-10H,7H2,1H3,(H,15,17). The van der Waals surface area contributed by atoms with Gasteiger partial charge < -0.3 is 5.32 Å². The molecule has 3 nitrogen and oxygen atoms in total. The SMILES string of the molecule is CC1Cc2cc(-c3ccccc3)cn2C(=O)N1. The van der Waals surface area contributed by atoms with Crippen molar-refractivity contribution in [1.82, 2.24) is 9.88 Å². The largest absolute Gasteiger partial charge is 0.335 e. The number of carbonyl (C=O) groups is 1. The summed E-state index contributed by atoms with van der Waals surface area (Å²) in [4.78, 5) is 11.8. The van der Waals surface area contributed by atoms with Crippen LogP contribution in [0, 0.1) is 0 Å². The number of amides is 1. The number of nitrogens with zero attached hydrogens (tertiary/aromatic N) is 1. The zero-order chi connectivity index (χ0) is 11.8. The Morgan fingerprint density at radius 1 is 1.24 bits per heavy atom. The Kier molecular flexibility index (Phi) is 2.25. The van der Waals surface area contributed by atoms with E-state index in [0.29, 0.717) is 0 Å². The second-order valence-electron chi connectivity index (χ2n) is 4.51. The van der Waals surface area contributed by atoms with Crippen LogP contribution >= 0.6 is 0 Å². The average molecular weight is 226 g/mol. The first kappa shape index (κ1) is 10.1. The molecule has 2 heterocycles. The van der Waals surface area contributed by atoms with Gasteiger partial charge in [-0.05, 0) is 18.6 Å². The predicted molar refractivity (Wildman–Crippen MR) is 67.0 cm³/mol. The summed E-state index contributed by atoms with van der Waals surface area (Å²) in [6, 6.07) is 12.4. The first-order valence-corrected chi connectivity index (χ1v) is 5.81. The van der Waals surface area contributed by atoms with E-state index in [2.05, 4.69) is 23.5 Å². The number of benzene rings is 1. The van der Waals surface area contributed by atoms with Gasteiger partial charge in [0.25, 0.3) is 0 Å². The lowest BCUT2D eigenvalue weighted by atomic mass is 10.1. The van der Waals surface area contributed by atoms with Crippen LogP contribution in [0.25, 0.3) is 11.1 Å². The fourth-order valence-corrected chi connectivity index (χ4v) is 2.29. The van der Waals surface area contributed by atoms with Crippen molar-refractivity contribution >= 4 is 6.03 Å². The Bertz CT molecular complexity index is 557. The average Bonchev–Trinajstić information content (AvgIpc) is 2.74. The third-order valence-electron chi connectivity index (χ3n) is 3.11. The lowest BCUT2D eigenvalue weighted by Gasteiger charge is -2.21. The van der Waals surface area contributed by atoms with E-state index < -0.39 is 0 Å². The lowest BCUT2D eigenvalue weighted by molar-refractivity contribution is 0.234. The number of nitrogens with one attached hydrogen (secondary N) is 1. The van der Waals surface area contributed by atoms with Crippen molar-refractivity contribution < 1.29 is 4.79 Å². The molecular formula is C14H14N2O. The highest BCUT2D eigenvalue weighted by atomic mass is 16.2. The maximum absolute atomic E-state index is 11.8. The van der Waals surface area contributed by atoms with Crippen molar-refractivity contribution in [1.29, 1.82) is 0 Å². The van der Waals surface area contributed by atoms with Crippen molar-refractivity contribution in [2.75, 3.05) is 0 Å². The normalized spacial score (nSPS) is 18.6. The molecule has 1 atom stereocenters. The Morgan fingerprint density at radius 3 is 2.76 bits per heavy atom. The zero-order valence-electron chi connectivity index (χ0n) is 9.68. The fraction of sp³-hybridized carbons (Fsp3) is 0.214. The summed E-state index contributed by atoms with van der Waals surface area (Å²) < 4.78 is 1.71. The number of hydrogen-bond donors (Lipinski definition) is 1. The van der Waals surface area contributed by atoms with Crippen molar-refractivity contribution in [3.05, 3.63) is 48.3 Å². The highest BCUT2D eigenvalue weighted by Crippen LogP contribution is 2.24. The molecule has 2 aromatic rings. The highest BCUT2D eigenvalue weighted by molar-refractivity contribution is 5.81. The number of aromatic nitrogens is 1. The van der Waals surface area contributed by atoms with Gasteiger partial charge in [-0.25, -0.2) is 4.79 Å². The second-order valence-corrected chi connectivity index (χ2v) is 4.51. The third kappa shape index (κ3) is 1.73. The number of hydrogen-bond acceptors (Lipinski definition) is 1. The van der Waals surface area contributed by atoms with Gasteiger partial charge in [0.1, 0.15) is 0 Å². The molecular weight excluding hydrogens is 212 g/mol. The Labute approximate surface area is 100 Å². The van der Waals surface area contributed by atoms with E-state index in [1.807, 2.05) is 31.3 Å². The Morgan fingerprint density at radius 2 is 2.00 bits per heavy atom. The quantitative estimate of drug-likeness (QED) is 0.797. The van der Waals surface area contributed by atoms with E-state index >= 15 is 0 Å². The summed E-state index contributed by atoms with van der Waals surface area (Å²) in [7, 11) is 0. The van der Waals surface area contributed by atoms with Crippen molar-refractivity contribution in [3.63, 3.8) is 0 Å². The minimum absolute atomic E-state index is 0.0269. The molecule has 0 spiro atoms. The fourth-order valence-electron chi connectivity index (χ4n) is 2.29. The van der Waals surface area contributed by atoms with Gasteiger partial charge in [-0.1, -0.05) is 30.3 Å². The van der Waals surface area contributed by atoms with Gasteiger partial charge in [-0.3, -0.25) is 4.57 Å². The summed E-state index contributed by atoms with van der Waals surface area (Å²) in [6.07, 6.45) is 2.80. The van der Waals surface area contributed by atoms with Gasteiger partial charge >= 0.3 is 6.03 Å². The lowest BCUT2D eigenvalue weighted by Crippen LogP contribution is -2.42. The first-order valence-electron chi connectivity index (χ1n) is 5.81. The molecule has 17 heavy (non-hydrogen) atoms. The molecule has 0 saturated carbocycles. The topological polar surface area (TPSA) is 34.0 Å². The van der Waals surface area contributed by atoms with Crippen molar-refractivity contribution in [2.24, 2.45) is 0 Å². The summed E-state index contributed by atoms with van der Waals surface area (Å²) in [6.45, 7) is 2.02. The second kappa shape index (κ2) is 3.77. The Hall–Kier alpha value is -2.03. The molecule has 1 aliphatic rings. The smallest absolute Gasteiger partial charge is 0.325 e. The van der Waals surface area contributed by atoms with Crippen LogP contribution in [0.2, 0.25) is 0 Å². The van der Waals surface area contributed by atoms with E-state index in [-0.39, 0.29) is 12.1 Å². The van der Waals surface area contributed by atoms with Crippen LogP contribution in [0.4, 0.5) is 4.79 Å². The molecule has 0 bridgehead atoms. The van der Waals surface area contributed by atoms with Crippen LogP contribution in [-0.4, -0.2) is 16.6 Å². The van der Waals surface area contributed by atoms with Crippen LogP contribution in [-0.2, 0) is 6.42 Å². The minimum atomic E-state index is -0.0269. The molecule has 1 aromatic heterocycles. The molecule has 0 saturated heterocycles. The molecule has 3 rings (SSSR count). The summed E-state index contributed by atoms with van der Waals surface area (Å²) in [5, 5.41) is 2.92. The van der Waals surface area contributed by atoms with Crippen LogP contribution < -0.4 is 5.32 Å². The van der Waals surface area contributed by atoms with Gasteiger partial charge in [0.05, 0.1) is 0 Å². The molecule has 1 aromatic carbocycles. The van der Waals surface area contributed by atoms with E-state index in [1.165, 1.54) is 0 Å². The minimum Gasteiger partial charge on any atom is -0.335 e. The number of rotatable bonds is 1. The molecule has 1 N–H and O–H groups in total. The monoisotopic (exact) mass is 226 g/mol. The van der Waals surface area contributed by atoms with Gasteiger partial charge in [-0.2, -0.15) is 0 Å². The predicted octanol–water partition coefficient (Wildman–Crippen LogP) is 2.66. The molecule has 3 heteroatoms. The molecule has 1 aliphatic heterocycles. The van der Waals surface area contributed by atoms with E-state index in [0.717, 1.165) is 23.2 Å². The molecule has 86 valence electrons. The summed E-state index contributed by atoms with van der Waals surface area (Å²) in [5.74, 6) is 0. The van der Waals surface area contributed by atoms with Crippen LogP contribution in [0.3, 0.4) is 0 Å². The van der Waals surface area contributed by atoms with E-state index in [1.54, 1.807) is 4.57 Å². The van der Waals surface area contributed by atoms with Gasteiger partial charge in [0.2, 0.25) is 0 Å². The maximum atomic E-state index is 11.8. The molecule has 0 radical (unpaired) electrons. The maximum Gasteiger partial charge on any atom is 0.325 e. The van der Waals surface area contributed by atoms with Crippen molar-refractivity contribution in [2.45, 2.75) is 19.4 Å². The third-order valence-corrected chi connectivity index (χ3v) is 3.11. The molecule has 0 fully saturated rings. The highest BCUT2D eigenvalue weighted by Gasteiger charge is 2.21. The van der Waals surface area contributed by atoms with Crippen molar-refractivity contribution in [3.8, 4) is 11.1 Å². The summed E-state index contributed by atoms with van der Waals surface area (Å²) in [5.41, 5.74) is 3.33. The Balaban J connectivity index is 2.06. The van der Waals surface area contributed by atoms with Crippen LogP contribution in [0.5, 0.6) is 0 Å². The number of carbonyl (C=O) groups excluding carboxylic acids is 1. The zero-order valence-corrected chi connectivity index (χ0v) is 9.68. The first-order chi connectivity index (χ1) is 8.24. The number of fused-ring (bicyclic) bond motifs is 1. The van der Waals surface area contributed by atoms with E-state index in [9.17, 15) is 4.79 Å².